The second kappa shape index (κ2) is 9.72. The third kappa shape index (κ3) is 4.65. The molecule has 0 aliphatic carbocycles. The molecule has 1 unspecified atom stereocenters. The smallest absolute Gasteiger partial charge is 0.276 e. The molecule has 34 heavy (non-hydrogen) atoms. The highest BCUT2D eigenvalue weighted by Gasteiger charge is 2.38. The average molecular weight is 510 g/mol. The number of fused-ring (bicyclic) bond motifs is 1. The van der Waals surface area contributed by atoms with Crippen LogP contribution in [0.15, 0.2) is 89.9 Å². The van der Waals surface area contributed by atoms with E-state index in [0.29, 0.717) is 28.6 Å². The van der Waals surface area contributed by atoms with E-state index in [4.69, 9.17) is 47.3 Å². The van der Waals surface area contributed by atoms with Crippen LogP contribution in [0.2, 0.25) is 5.02 Å². The van der Waals surface area contributed by atoms with Gasteiger partial charge in [0.1, 0.15) is 17.7 Å². The number of hydrogen-bond acceptors (Lipinski definition) is 6. The first kappa shape index (κ1) is 22.8. The maximum Gasteiger partial charge on any atom is 0.276 e. The van der Waals surface area contributed by atoms with Crippen molar-refractivity contribution < 1.29 is 13.8 Å². The standard InChI is InChI=1S/C25H21ClN3O3PS/c1-18-23-24(29(28-18)21-8-4-2-5-9-21)27-25(19-12-14-20(26)15-13-19)32-33(23,34)31-17-16-30-22-10-6-3-7-11-22/h2-15H,16-17H2,1H3. The molecule has 0 amide bonds. The number of para-hydroxylation sites is 2. The Labute approximate surface area is 207 Å². The van der Waals surface area contributed by atoms with Gasteiger partial charge in [0.2, 0.25) is 5.90 Å². The van der Waals surface area contributed by atoms with E-state index in [-0.39, 0.29) is 6.61 Å². The maximum atomic E-state index is 6.31. The van der Waals surface area contributed by atoms with E-state index in [1.165, 1.54) is 0 Å². The molecule has 1 aliphatic rings. The van der Waals surface area contributed by atoms with Crippen molar-refractivity contribution in [2.75, 3.05) is 13.2 Å². The largest absolute Gasteiger partial charge is 0.491 e. The van der Waals surface area contributed by atoms with Gasteiger partial charge in [0, 0.05) is 10.6 Å². The van der Waals surface area contributed by atoms with Gasteiger partial charge in [-0.05, 0) is 67.3 Å². The summed E-state index contributed by atoms with van der Waals surface area (Å²) in [6.07, 6.45) is 0. The molecule has 0 N–H and O–H groups in total. The third-order valence-electron chi connectivity index (χ3n) is 5.14. The molecule has 0 fully saturated rings. The van der Waals surface area contributed by atoms with Gasteiger partial charge in [-0.2, -0.15) is 10.1 Å². The van der Waals surface area contributed by atoms with Crippen LogP contribution in [0.5, 0.6) is 5.75 Å². The number of aromatic nitrogens is 2. The SMILES string of the molecule is Cc1nn(-c2ccccc2)c2c1P(=S)(OCCOc1ccccc1)OC(c1ccc(Cl)cc1)=N2. The minimum atomic E-state index is -2.99. The van der Waals surface area contributed by atoms with Crippen molar-refractivity contribution in [3.05, 3.63) is 101 Å². The Morgan fingerprint density at radius 2 is 1.62 bits per heavy atom. The molecule has 172 valence electrons. The van der Waals surface area contributed by atoms with Crippen LogP contribution < -0.4 is 10.0 Å². The van der Waals surface area contributed by atoms with Crippen molar-refractivity contribution in [1.29, 1.82) is 0 Å². The zero-order chi connectivity index (χ0) is 23.5. The Morgan fingerprint density at radius 1 is 0.941 bits per heavy atom. The van der Waals surface area contributed by atoms with Crippen LogP contribution in [0.25, 0.3) is 5.69 Å². The second-order valence-corrected chi connectivity index (χ2v) is 11.3. The number of rotatable bonds is 7. The zero-order valence-electron chi connectivity index (χ0n) is 18.3. The summed E-state index contributed by atoms with van der Waals surface area (Å²) in [4.78, 5) is 4.82. The predicted octanol–water partition coefficient (Wildman–Crippen LogP) is 5.97. The maximum absolute atomic E-state index is 6.31. The fraction of sp³-hybridized carbons (Fsp3) is 0.120. The van der Waals surface area contributed by atoms with Crippen LogP contribution in [0.3, 0.4) is 0 Å². The number of aryl methyl sites for hydroxylation is 1. The highest BCUT2D eigenvalue weighted by atomic mass is 35.5. The summed E-state index contributed by atoms with van der Waals surface area (Å²) < 4.78 is 20.1. The minimum absolute atomic E-state index is 0.259. The monoisotopic (exact) mass is 509 g/mol. The first-order valence-corrected chi connectivity index (χ1v) is 13.7. The number of nitrogens with zero attached hydrogens (tertiary/aromatic N) is 3. The molecule has 1 atom stereocenters. The van der Waals surface area contributed by atoms with Crippen molar-refractivity contribution in [3.63, 3.8) is 0 Å². The van der Waals surface area contributed by atoms with E-state index in [0.717, 1.165) is 22.7 Å². The average Bonchev–Trinajstić information content (AvgIpc) is 3.21. The van der Waals surface area contributed by atoms with E-state index in [1.807, 2.05) is 79.7 Å². The minimum Gasteiger partial charge on any atom is -0.491 e. The summed E-state index contributed by atoms with van der Waals surface area (Å²) in [5.74, 6) is 1.77. The quantitative estimate of drug-likeness (QED) is 0.227. The molecule has 0 saturated carbocycles. The van der Waals surface area contributed by atoms with E-state index < -0.39 is 6.49 Å². The second-order valence-electron chi connectivity index (χ2n) is 7.51. The molecular weight excluding hydrogens is 489 g/mol. The molecule has 6 nitrogen and oxygen atoms in total. The lowest BCUT2D eigenvalue weighted by Gasteiger charge is -2.27. The van der Waals surface area contributed by atoms with Crippen molar-refractivity contribution in [1.82, 2.24) is 9.78 Å². The Balaban J connectivity index is 1.50. The van der Waals surface area contributed by atoms with Crippen molar-refractivity contribution in [2.45, 2.75) is 6.92 Å². The molecule has 2 heterocycles. The summed E-state index contributed by atoms with van der Waals surface area (Å²) in [5.41, 5.74) is 2.36. The number of ether oxygens (including phenoxy) is 1. The summed E-state index contributed by atoms with van der Waals surface area (Å²) in [7, 11) is 0. The molecule has 1 aromatic heterocycles. The van der Waals surface area contributed by atoms with Crippen LogP contribution in [0, 0.1) is 6.92 Å². The Morgan fingerprint density at radius 3 is 2.32 bits per heavy atom. The molecule has 9 heteroatoms. The van der Waals surface area contributed by atoms with Gasteiger partial charge in [0.05, 0.1) is 18.0 Å². The lowest BCUT2D eigenvalue weighted by Crippen LogP contribution is -2.22. The molecule has 5 rings (SSSR count). The van der Waals surface area contributed by atoms with E-state index >= 15 is 0 Å². The van der Waals surface area contributed by atoms with Crippen LogP contribution in [0.1, 0.15) is 11.3 Å². The predicted molar refractivity (Wildman–Crippen MR) is 139 cm³/mol. The van der Waals surface area contributed by atoms with E-state index in [1.54, 1.807) is 16.8 Å². The van der Waals surface area contributed by atoms with Gasteiger partial charge in [-0.3, -0.25) is 0 Å². The van der Waals surface area contributed by atoms with Crippen molar-refractivity contribution >= 4 is 46.9 Å². The summed E-state index contributed by atoms with van der Waals surface area (Å²) in [6.45, 7) is -0.498. The first-order chi connectivity index (χ1) is 16.5. The van der Waals surface area contributed by atoms with Crippen LogP contribution in [0.4, 0.5) is 5.82 Å². The first-order valence-electron chi connectivity index (χ1n) is 10.7. The number of benzene rings is 3. The summed E-state index contributed by atoms with van der Waals surface area (Å²) >= 11 is 12.1. The third-order valence-corrected chi connectivity index (χ3v) is 8.49. The molecule has 0 spiro atoms. The molecule has 1 aliphatic heterocycles. The van der Waals surface area contributed by atoms with Gasteiger partial charge in [0.15, 0.2) is 5.82 Å². The topological polar surface area (TPSA) is 57.9 Å². The van der Waals surface area contributed by atoms with E-state index in [9.17, 15) is 0 Å². The number of hydrogen-bond donors (Lipinski definition) is 0. The fourth-order valence-electron chi connectivity index (χ4n) is 3.59. The van der Waals surface area contributed by atoms with Crippen LogP contribution in [-0.4, -0.2) is 28.9 Å². The zero-order valence-corrected chi connectivity index (χ0v) is 20.8. The van der Waals surface area contributed by atoms with Crippen molar-refractivity contribution in [2.24, 2.45) is 4.99 Å². The van der Waals surface area contributed by atoms with Gasteiger partial charge in [0.25, 0.3) is 6.49 Å². The lowest BCUT2D eigenvalue weighted by atomic mass is 10.2. The molecule has 0 saturated heterocycles. The lowest BCUT2D eigenvalue weighted by molar-refractivity contribution is 0.219. The highest BCUT2D eigenvalue weighted by molar-refractivity contribution is 8.13. The Kier molecular flexibility index (Phi) is 6.53. The summed E-state index contributed by atoms with van der Waals surface area (Å²) in [6, 6.07) is 26.6. The van der Waals surface area contributed by atoms with Gasteiger partial charge < -0.3 is 13.8 Å². The van der Waals surface area contributed by atoms with Gasteiger partial charge in [-0.15, -0.1) is 0 Å². The molecule has 0 radical (unpaired) electrons. The van der Waals surface area contributed by atoms with E-state index in [2.05, 4.69) is 0 Å². The molecule has 3 aromatic carbocycles. The Bertz CT molecular complexity index is 1380. The number of aliphatic imine (C=N–C) groups is 1. The summed E-state index contributed by atoms with van der Waals surface area (Å²) in [5, 5.41) is 6.07. The van der Waals surface area contributed by atoms with Crippen LogP contribution in [-0.2, 0) is 20.9 Å². The highest BCUT2D eigenvalue weighted by Crippen LogP contribution is 2.54. The van der Waals surface area contributed by atoms with Gasteiger partial charge in [-0.1, -0.05) is 48.0 Å². The fourth-order valence-corrected chi connectivity index (χ4v) is 6.58. The molecule has 4 aromatic rings. The number of halogens is 1. The van der Waals surface area contributed by atoms with Crippen LogP contribution >= 0.6 is 18.1 Å². The van der Waals surface area contributed by atoms with Gasteiger partial charge in [-0.25, -0.2) is 4.68 Å². The van der Waals surface area contributed by atoms with Crippen molar-refractivity contribution in [3.8, 4) is 11.4 Å². The molecular formula is C25H21ClN3O3PS. The normalized spacial score (nSPS) is 16.9. The molecule has 0 bridgehead atoms. The van der Waals surface area contributed by atoms with Gasteiger partial charge >= 0.3 is 0 Å². The Hall–Kier alpha value is -2.96.